The van der Waals surface area contributed by atoms with Crippen molar-refractivity contribution < 1.29 is 28.5 Å². The molecule has 3 aromatic carbocycles. The van der Waals surface area contributed by atoms with Gasteiger partial charge in [-0.25, -0.2) is 4.79 Å². The molecule has 0 radical (unpaired) electrons. The summed E-state index contributed by atoms with van der Waals surface area (Å²) in [4.78, 5) is 25.5. The van der Waals surface area contributed by atoms with Crippen molar-refractivity contribution >= 4 is 23.6 Å². The number of carbonyl (C=O) groups excluding carboxylic acids is 2. The molecule has 1 aliphatic rings. The van der Waals surface area contributed by atoms with Crippen LogP contribution in [0.5, 0.6) is 17.2 Å². The number of rotatable bonds is 7. The first-order chi connectivity index (χ1) is 15.6. The molecule has 1 aliphatic heterocycles. The summed E-state index contributed by atoms with van der Waals surface area (Å²) in [6.07, 6.45) is 1.73. The molecule has 0 saturated heterocycles. The average Bonchev–Trinajstić information content (AvgIpc) is 3.30. The fraction of sp³-hybridized carbons (Fsp3) is 0.120. The van der Waals surface area contributed by atoms with Crippen molar-refractivity contribution in [1.82, 2.24) is 0 Å². The second kappa shape index (κ2) is 9.70. The number of benzene rings is 3. The van der Waals surface area contributed by atoms with Crippen molar-refractivity contribution in [2.24, 2.45) is 0 Å². The monoisotopic (exact) mass is 431 g/mol. The summed E-state index contributed by atoms with van der Waals surface area (Å²) in [6.45, 7) is 0.172. The zero-order valence-electron chi connectivity index (χ0n) is 17.3. The molecule has 1 N–H and O–H groups in total. The van der Waals surface area contributed by atoms with Gasteiger partial charge in [-0.3, -0.25) is 4.79 Å². The Labute approximate surface area is 185 Å². The molecule has 3 aromatic rings. The Morgan fingerprint density at radius 3 is 2.59 bits per heavy atom. The van der Waals surface area contributed by atoms with Crippen LogP contribution in [0.4, 0.5) is 5.69 Å². The van der Waals surface area contributed by atoms with Gasteiger partial charge in [-0.2, -0.15) is 0 Å². The largest absolute Gasteiger partial charge is 0.497 e. The lowest BCUT2D eigenvalue weighted by Crippen LogP contribution is -2.25. The lowest BCUT2D eigenvalue weighted by Gasteiger charge is -2.17. The first kappa shape index (κ1) is 21.0. The van der Waals surface area contributed by atoms with Crippen molar-refractivity contribution in [1.29, 1.82) is 0 Å². The third kappa shape index (κ3) is 5.07. The van der Waals surface area contributed by atoms with Gasteiger partial charge in [-0.1, -0.05) is 42.5 Å². The summed E-state index contributed by atoms with van der Waals surface area (Å²) in [5.74, 6) is 0.734. The number of methoxy groups -OCH3 is 1. The summed E-state index contributed by atoms with van der Waals surface area (Å²) < 4.78 is 21.3. The minimum absolute atomic E-state index is 0.172. The molecule has 1 atom stereocenters. The quantitative estimate of drug-likeness (QED) is 0.442. The summed E-state index contributed by atoms with van der Waals surface area (Å²) >= 11 is 0. The van der Waals surface area contributed by atoms with Crippen LogP contribution in [0.25, 0.3) is 6.08 Å². The molecular weight excluding hydrogens is 410 g/mol. The van der Waals surface area contributed by atoms with Gasteiger partial charge in [-0.15, -0.1) is 0 Å². The van der Waals surface area contributed by atoms with E-state index in [-0.39, 0.29) is 6.79 Å². The zero-order valence-corrected chi connectivity index (χ0v) is 17.3. The van der Waals surface area contributed by atoms with Gasteiger partial charge in [0.15, 0.2) is 11.5 Å². The van der Waals surface area contributed by atoms with Crippen LogP contribution in [-0.4, -0.2) is 25.8 Å². The van der Waals surface area contributed by atoms with E-state index in [9.17, 15) is 9.59 Å². The maximum absolute atomic E-state index is 13.0. The van der Waals surface area contributed by atoms with Crippen LogP contribution in [0.1, 0.15) is 17.2 Å². The van der Waals surface area contributed by atoms with Crippen molar-refractivity contribution in [3.05, 3.63) is 90.0 Å². The molecule has 0 fully saturated rings. The van der Waals surface area contributed by atoms with E-state index in [0.717, 1.165) is 5.56 Å². The number of esters is 1. The second-order valence-corrected chi connectivity index (χ2v) is 6.89. The fourth-order valence-electron chi connectivity index (χ4n) is 3.15. The lowest BCUT2D eigenvalue weighted by molar-refractivity contribution is -0.149. The number of carbonyl (C=O) groups is 2. The van der Waals surface area contributed by atoms with Gasteiger partial charge in [0.2, 0.25) is 12.9 Å². The van der Waals surface area contributed by atoms with Crippen molar-refractivity contribution in [3.8, 4) is 17.2 Å². The summed E-state index contributed by atoms with van der Waals surface area (Å²) in [6, 6.07) is 21.1. The van der Waals surface area contributed by atoms with E-state index in [4.69, 9.17) is 18.9 Å². The minimum atomic E-state index is -1.13. The minimum Gasteiger partial charge on any atom is -0.497 e. The molecule has 0 aromatic heterocycles. The van der Waals surface area contributed by atoms with E-state index in [2.05, 4.69) is 5.32 Å². The van der Waals surface area contributed by atoms with Gasteiger partial charge >= 0.3 is 5.97 Å². The van der Waals surface area contributed by atoms with E-state index in [1.54, 1.807) is 79.9 Å². The highest BCUT2D eigenvalue weighted by Crippen LogP contribution is 2.32. The van der Waals surface area contributed by atoms with E-state index in [1.807, 2.05) is 6.07 Å². The van der Waals surface area contributed by atoms with E-state index in [1.165, 1.54) is 6.08 Å². The van der Waals surface area contributed by atoms with Crippen LogP contribution < -0.4 is 19.5 Å². The molecule has 0 saturated carbocycles. The van der Waals surface area contributed by atoms with E-state index < -0.39 is 18.0 Å². The van der Waals surface area contributed by atoms with Gasteiger partial charge in [0, 0.05) is 23.4 Å². The molecule has 0 bridgehead atoms. The van der Waals surface area contributed by atoms with Crippen LogP contribution in [0.15, 0.2) is 78.9 Å². The molecule has 4 rings (SSSR count). The van der Waals surface area contributed by atoms with Gasteiger partial charge in [-0.05, 0) is 35.9 Å². The topological polar surface area (TPSA) is 83.1 Å². The van der Waals surface area contributed by atoms with E-state index in [0.29, 0.717) is 28.5 Å². The maximum Gasteiger partial charge on any atom is 0.331 e. The number of ether oxygens (including phenoxy) is 4. The smallest absolute Gasteiger partial charge is 0.331 e. The normalized spacial score (nSPS) is 12.9. The summed E-state index contributed by atoms with van der Waals surface area (Å²) in [5, 5.41) is 2.77. The number of hydrogen-bond acceptors (Lipinski definition) is 6. The molecule has 7 nitrogen and oxygen atoms in total. The Hall–Kier alpha value is -4.26. The van der Waals surface area contributed by atoms with Gasteiger partial charge < -0.3 is 24.3 Å². The molecule has 162 valence electrons. The number of nitrogens with one attached hydrogen (secondary N) is 1. The third-order valence-corrected chi connectivity index (χ3v) is 4.72. The predicted molar refractivity (Wildman–Crippen MR) is 118 cm³/mol. The Balaban J connectivity index is 1.49. The highest BCUT2D eigenvalue weighted by Gasteiger charge is 2.24. The van der Waals surface area contributed by atoms with Gasteiger partial charge in [0.1, 0.15) is 5.75 Å². The Kier molecular flexibility index (Phi) is 6.36. The van der Waals surface area contributed by atoms with Crippen LogP contribution in [-0.2, 0) is 14.3 Å². The molecular formula is C25H21NO6. The molecule has 0 spiro atoms. The first-order valence-corrected chi connectivity index (χ1v) is 9.90. The van der Waals surface area contributed by atoms with Gasteiger partial charge in [0.05, 0.1) is 7.11 Å². The number of hydrogen-bond donors (Lipinski definition) is 1. The summed E-state index contributed by atoms with van der Waals surface area (Å²) in [7, 11) is 1.54. The number of amides is 1. The Morgan fingerprint density at radius 1 is 0.969 bits per heavy atom. The van der Waals surface area contributed by atoms with E-state index >= 15 is 0 Å². The molecule has 1 amide bonds. The maximum atomic E-state index is 13.0. The second-order valence-electron chi connectivity index (χ2n) is 6.89. The number of fused-ring (bicyclic) bond motifs is 1. The third-order valence-electron chi connectivity index (χ3n) is 4.72. The highest BCUT2D eigenvalue weighted by molar-refractivity contribution is 5.97. The summed E-state index contributed by atoms with van der Waals surface area (Å²) in [5.41, 5.74) is 1.82. The average molecular weight is 431 g/mol. The Bertz CT molecular complexity index is 1140. The Morgan fingerprint density at radius 2 is 1.78 bits per heavy atom. The predicted octanol–water partition coefficient (Wildman–Crippen LogP) is 4.36. The fourth-order valence-corrected chi connectivity index (χ4v) is 3.15. The number of anilines is 1. The highest BCUT2D eigenvalue weighted by atomic mass is 16.7. The van der Waals surface area contributed by atoms with Crippen LogP contribution >= 0.6 is 0 Å². The molecule has 1 heterocycles. The first-order valence-electron chi connectivity index (χ1n) is 9.90. The molecule has 0 aliphatic carbocycles. The molecule has 7 heteroatoms. The van der Waals surface area contributed by atoms with Crippen molar-refractivity contribution in [2.75, 3.05) is 19.2 Å². The van der Waals surface area contributed by atoms with Gasteiger partial charge in [0.25, 0.3) is 5.91 Å². The molecule has 1 unspecified atom stereocenters. The SMILES string of the molecule is COc1cccc(NC(=O)C(OC(=O)C=Cc2ccc3c(c2)OCO3)c2ccccc2)c1. The lowest BCUT2D eigenvalue weighted by atomic mass is 10.1. The van der Waals surface area contributed by atoms with Crippen LogP contribution in [0.2, 0.25) is 0 Å². The standard InChI is InChI=1S/C25H21NO6/c1-29-20-9-5-8-19(15-20)26-25(28)24(18-6-3-2-4-7-18)32-23(27)13-11-17-10-12-21-22(14-17)31-16-30-21/h2-15,24H,16H2,1H3,(H,26,28). The zero-order chi connectivity index (χ0) is 22.3. The van der Waals surface area contributed by atoms with Crippen LogP contribution in [0, 0.1) is 0 Å². The van der Waals surface area contributed by atoms with Crippen LogP contribution in [0.3, 0.4) is 0 Å². The van der Waals surface area contributed by atoms with Crippen molar-refractivity contribution in [2.45, 2.75) is 6.10 Å². The molecule has 32 heavy (non-hydrogen) atoms. The van der Waals surface area contributed by atoms with Crippen molar-refractivity contribution in [3.63, 3.8) is 0 Å².